The average molecular weight is 303 g/mol. The average Bonchev–Trinajstić information content (AvgIpc) is 2.42. The van der Waals surface area contributed by atoms with E-state index in [0.29, 0.717) is 24.5 Å². The van der Waals surface area contributed by atoms with Crippen molar-refractivity contribution in [2.24, 2.45) is 0 Å². The minimum atomic E-state index is 0.133. The lowest BCUT2D eigenvalue weighted by atomic mass is 10.1. The molecule has 0 radical (unpaired) electrons. The lowest BCUT2D eigenvalue weighted by molar-refractivity contribution is -0.118. The Morgan fingerprint density at radius 2 is 1.86 bits per heavy atom. The molecule has 2 aromatic carbocycles. The second-order valence-electron chi connectivity index (χ2n) is 5.23. The molecule has 0 aliphatic rings. The van der Waals surface area contributed by atoms with Crippen LogP contribution in [0.1, 0.15) is 23.1 Å². The van der Waals surface area contributed by atoms with Gasteiger partial charge in [0.05, 0.1) is 6.61 Å². The van der Waals surface area contributed by atoms with Gasteiger partial charge < -0.3 is 4.74 Å². The summed E-state index contributed by atoms with van der Waals surface area (Å²) in [6.07, 6.45) is 0.744. The molecule has 3 heteroatoms. The number of hydrogen-bond acceptors (Lipinski definition) is 2. The molecule has 0 aliphatic heterocycles. The largest absolute Gasteiger partial charge is 0.493 e. The lowest BCUT2D eigenvalue weighted by Gasteiger charge is -2.07. The van der Waals surface area contributed by atoms with Crippen LogP contribution in [0.4, 0.5) is 0 Å². The third-order valence-corrected chi connectivity index (χ3v) is 3.59. The van der Waals surface area contributed by atoms with Crippen molar-refractivity contribution in [2.75, 3.05) is 6.61 Å². The number of halogens is 1. The van der Waals surface area contributed by atoms with Gasteiger partial charge in [0.2, 0.25) is 0 Å². The van der Waals surface area contributed by atoms with Gasteiger partial charge in [0.1, 0.15) is 11.5 Å². The topological polar surface area (TPSA) is 26.3 Å². The summed E-state index contributed by atoms with van der Waals surface area (Å²) < 4.78 is 5.59. The summed E-state index contributed by atoms with van der Waals surface area (Å²) in [7, 11) is 0. The number of benzene rings is 2. The van der Waals surface area contributed by atoms with Gasteiger partial charge >= 0.3 is 0 Å². The summed E-state index contributed by atoms with van der Waals surface area (Å²) >= 11 is 6.14. The Morgan fingerprint density at radius 3 is 2.57 bits per heavy atom. The number of ketones is 1. The molecule has 2 rings (SSSR count). The predicted octanol–water partition coefficient (Wildman–Crippen LogP) is 4.54. The Hall–Kier alpha value is -1.80. The monoisotopic (exact) mass is 302 g/mol. The molecule has 0 heterocycles. The molecule has 0 atom stereocenters. The molecule has 21 heavy (non-hydrogen) atoms. The van der Waals surface area contributed by atoms with Gasteiger partial charge in [-0.3, -0.25) is 4.79 Å². The van der Waals surface area contributed by atoms with Crippen molar-refractivity contribution in [2.45, 2.75) is 26.7 Å². The Kier molecular flexibility index (Phi) is 5.40. The normalized spacial score (nSPS) is 10.4. The van der Waals surface area contributed by atoms with Gasteiger partial charge in [-0.25, -0.2) is 0 Å². The summed E-state index contributed by atoms with van der Waals surface area (Å²) in [5, 5.41) is 0.656. The number of carbonyl (C=O) groups is 1. The zero-order valence-electron chi connectivity index (χ0n) is 12.4. The van der Waals surface area contributed by atoms with Crippen molar-refractivity contribution in [3.05, 3.63) is 64.2 Å². The lowest BCUT2D eigenvalue weighted by Crippen LogP contribution is -2.09. The molecular formula is C18H19ClO2. The Balaban J connectivity index is 1.82. The van der Waals surface area contributed by atoms with Crippen LogP contribution in [0, 0.1) is 13.8 Å². The van der Waals surface area contributed by atoms with Crippen LogP contribution in [0.15, 0.2) is 42.5 Å². The van der Waals surface area contributed by atoms with E-state index in [1.54, 1.807) is 0 Å². The number of rotatable bonds is 6. The third kappa shape index (κ3) is 4.91. The summed E-state index contributed by atoms with van der Waals surface area (Å²) in [4.78, 5) is 12.0. The van der Waals surface area contributed by atoms with E-state index in [4.69, 9.17) is 16.3 Å². The Bertz CT molecular complexity index is 635. The minimum Gasteiger partial charge on any atom is -0.493 e. The van der Waals surface area contributed by atoms with E-state index in [2.05, 4.69) is 0 Å². The summed E-state index contributed by atoms with van der Waals surface area (Å²) in [6.45, 7) is 4.39. The predicted molar refractivity (Wildman–Crippen MR) is 86.2 cm³/mol. The summed E-state index contributed by atoms with van der Waals surface area (Å²) in [5.74, 6) is 0.935. The number of Topliss-reactive ketones (excluding diaryl/α,β-unsaturated/α-hetero) is 1. The molecule has 0 aromatic heterocycles. The smallest absolute Gasteiger partial charge is 0.140 e. The second-order valence-corrected chi connectivity index (χ2v) is 5.63. The molecule has 110 valence electrons. The van der Waals surface area contributed by atoms with Crippen molar-refractivity contribution < 1.29 is 9.53 Å². The molecule has 0 spiro atoms. The van der Waals surface area contributed by atoms with Gasteiger partial charge in [-0.05, 0) is 48.7 Å². The van der Waals surface area contributed by atoms with Crippen LogP contribution in [0.2, 0.25) is 5.02 Å². The first-order valence-electron chi connectivity index (χ1n) is 7.01. The van der Waals surface area contributed by atoms with E-state index in [0.717, 1.165) is 22.4 Å². The molecule has 0 fully saturated rings. The maximum Gasteiger partial charge on any atom is 0.140 e. The van der Waals surface area contributed by atoms with E-state index in [1.807, 2.05) is 56.3 Å². The summed E-state index contributed by atoms with van der Waals surface area (Å²) in [5.41, 5.74) is 3.12. The van der Waals surface area contributed by atoms with Gasteiger partial charge in [-0.2, -0.15) is 0 Å². The highest BCUT2D eigenvalue weighted by Gasteiger charge is 2.08. The first-order valence-corrected chi connectivity index (χ1v) is 7.38. The number of hydrogen-bond donors (Lipinski definition) is 0. The van der Waals surface area contributed by atoms with E-state index in [1.165, 1.54) is 0 Å². The highest BCUT2D eigenvalue weighted by molar-refractivity contribution is 6.31. The van der Waals surface area contributed by atoms with E-state index in [9.17, 15) is 4.79 Å². The van der Waals surface area contributed by atoms with Crippen molar-refractivity contribution in [3.63, 3.8) is 0 Å². The van der Waals surface area contributed by atoms with Gasteiger partial charge in [0, 0.05) is 17.9 Å². The number of aryl methyl sites for hydroxylation is 2. The van der Waals surface area contributed by atoms with Crippen LogP contribution in [0.5, 0.6) is 5.75 Å². The number of carbonyl (C=O) groups excluding carboxylic acids is 1. The molecule has 0 saturated carbocycles. The Morgan fingerprint density at radius 1 is 1.10 bits per heavy atom. The highest BCUT2D eigenvalue weighted by Crippen LogP contribution is 2.19. The highest BCUT2D eigenvalue weighted by atomic mass is 35.5. The third-order valence-electron chi connectivity index (χ3n) is 3.24. The molecule has 0 saturated heterocycles. The fourth-order valence-electron chi connectivity index (χ4n) is 2.08. The van der Waals surface area contributed by atoms with Crippen LogP contribution in [-0.2, 0) is 11.2 Å². The molecule has 0 aliphatic carbocycles. The molecule has 0 N–H and O–H groups in total. The molecule has 2 nitrogen and oxygen atoms in total. The maximum atomic E-state index is 12.0. The second kappa shape index (κ2) is 7.28. The first-order chi connectivity index (χ1) is 10.0. The first kappa shape index (κ1) is 15.6. The molecule has 0 unspecified atom stereocenters. The Labute approximate surface area is 130 Å². The van der Waals surface area contributed by atoms with E-state index in [-0.39, 0.29) is 5.78 Å². The SMILES string of the molecule is Cc1cccc(OCCC(=O)Cc2ccc(C)cc2Cl)c1. The van der Waals surface area contributed by atoms with Crippen molar-refractivity contribution in [1.82, 2.24) is 0 Å². The van der Waals surface area contributed by atoms with Gasteiger partial charge in [-0.1, -0.05) is 35.9 Å². The van der Waals surface area contributed by atoms with Crippen LogP contribution in [0.25, 0.3) is 0 Å². The zero-order valence-corrected chi connectivity index (χ0v) is 13.1. The van der Waals surface area contributed by atoms with Gasteiger partial charge in [0.25, 0.3) is 0 Å². The fourth-order valence-corrected chi connectivity index (χ4v) is 2.39. The van der Waals surface area contributed by atoms with E-state index < -0.39 is 0 Å². The van der Waals surface area contributed by atoms with Gasteiger partial charge in [-0.15, -0.1) is 0 Å². The summed E-state index contributed by atoms with van der Waals surface area (Å²) in [6, 6.07) is 13.6. The molecular weight excluding hydrogens is 284 g/mol. The van der Waals surface area contributed by atoms with Crippen LogP contribution in [-0.4, -0.2) is 12.4 Å². The van der Waals surface area contributed by atoms with Crippen LogP contribution >= 0.6 is 11.6 Å². The maximum absolute atomic E-state index is 12.0. The van der Waals surface area contributed by atoms with Gasteiger partial charge in [0.15, 0.2) is 0 Å². The van der Waals surface area contributed by atoms with Crippen molar-refractivity contribution in [1.29, 1.82) is 0 Å². The van der Waals surface area contributed by atoms with Crippen LogP contribution in [0.3, 0.4) is 0 Å². The minimum absolute atomic E-state index is 0.133. The zero-order chi connectivity index (χ0) is 15.2. The molecule has 0 amide bonds. The van der Waals surface area contributed by atoms with E-state index >= 15 is 0 Å². The van der Waals surface area contributed by atoms with Crippen molar-refractivity contribution >= 4 is 17.4 Å². The molecule has 0 bridgehead atoms. The fraction of sp³-hybridized carbons (Fsp3) is 0.278. The van der Waals surface area contributed by atoms with Crippen LogP contribution < -0.4 is 4.74 Å². The quantitative estimate of drug-likeness (QED) is 0.783. The number of ether oxygens (including phenoxy) is 1. The molecule has 2 aromatic rings. The standard InChI is InChI=1S/C18H19ClO2/c1-13-4-3-5-17(10-13)21-9-8-16(20)12-15-7-6-14(2)11-18(15)19/h3-7,10-11H,8-9,12H2,1-2H3. The van der Waals surface area contributed by atoms with Crippen molar-refractivity contribution in [3.8, 4) is 5.75 Å².